The number of hydrogen-bond donors (Lipinski definition) is 5. The molecule has 0 bridgehead atoms. The van der Waals surface area contributed by atoms with Crippen LogP contribution in [0.15, 0.2) is 23.1 Å². The van der Waals surface area contributed by atoms with E-state index in [0.29, 0.717) is 18.6 Å². The van der Waals surface area contributed by atoms with Crippen molar-refractivity contribution in [2.24, 2.45) is 5.73 Å². The van der Waals surface area contributed by atoms with E-state index < -0.39 is 0 Å². The number of fused-ring (bicyclic) bond motifs is 2. The Balaban J connectivity index is 1.56. The lowest BCUT2D eigenvalue weighted by Crippen LogP contribution is -2.56. The summed E-state index contributed by atoms with van der Waals surface area (Å²) in [6, 6.07) is 7.10. The molecule has 3 aliphatic heterocycles. The average Bonchev–Trinajstić information content (AvgIpc) is 2.89. The average molecular weight is 376 g/mol. The fourth-order valence-electron chi connectivity index (χ4n) is 3.66. The summed E-state index contributed by atoms with van der Waals surface area (Å²) in [5.41, 5.74) is 9.53. The second kappa shape index (κ2) is 7.78. The van der Waals surface area contributed by atoms with E-state index in [1.807, 2.05) is 11.8 Å². The number of nitrogens with two attached hydrogens (primary N) is 1. The monoisotopic (exact) mass is 375 g/mol. The van der Waals surface area contributed by atoms with E-state index in [0.717, 1.165) is 31.9 Å². The first-order chi connectivity index (χ1) is 12.7. The molecule has 0 aliphatic carbocycles. The number of rotatable bonds is 6. The van der Waals surface area contributed by atoms with Crippen molar-refractivity contribution < 1.29 is 4.74 Å². The number of hydrogen-bond acceptors (Lipinski definition) is 7. The maximum Gasteiger partial charge on any atom is 0.128 e. The molecule has 0 aromatic heterocycles. The summed E-state index contributed by atoms with van der Waals surface area (Å²) >= 11 is 1.89. The third kappa shape index (κ3) is 3.59. The van der Waals surface area contributed by atoms with E-state index >= 15 is 0 Å². The predicted molar refractivity (Wildman–Crippen MR) is 108 cm³/mol. The predicted octanol–water partition coefficient (Wildman–Crippen LogP) is 1.32. The van der Waals surface area contributed by atoms with Gasteiger partial charge in [-0.25, -0.2) is 0 Å². The van der Waals surface area contributed by atoms with Gasteiger partial charge in [0.1, 0.15) is 11.1 Å². The van der Waals surface area contributed by atoms with Crippen LogP contribution in [0.1, 0.15) is 37.3 Å². The Kier molecular flexibility index (Phi) is 5.42. The molecule has 0 amide bonds. The molecular formula is C19H29N5OS. The molecule has 1 aromatic carbocycles. The van der Waals surface area contributed by atoms with Gasteiger partial charge in [-0.05, 0) is 31.5 Å². The molecule has 3 aliphatic rings. The Morgan fingerprint density at radius 2 is 2.19 bits per heavy atom. The van der Waals surface area contributed by atoms with Crippen molar-refractivity contribution in [2.45, 2.75) is 43.8 Å². The first-order valence-corrected chi connectivity index (χ1v) is 10.4. The highest BCUT2D eigenvalue weighted by molar-refractivity contribution is 8.04. The highest BCUT2D eigenvalue weighted by Gasteiger charge is 2.34. The molecular weight excluding hydrogens is 346 g/mol. The van der Waals surface area contributed by atoms with Gasteiger partial charge in [-0.15, -0.1) is 11.8 Å². The standard InChI is InChI=1S/C19H29N5OS/c1-11(2)23-18(22-10-20)19-24-17-14-4-3-12(13-8-21-9-13)7-15(14)25-6-5-16(17)26-19/h3-4,7,11,13,18-19,21-24H,5-6,8-10,20H2,1-2H3. The van der Waals surface area contributed by atoms with Gasteiger partial charge < -0.3 is 21.1 Å². The highest BCUT2D eigenvalue weighted by atomic mass is 32.2. The van der Waals surface area contributed by atoms with Gasteiger partial charge in [0.2, 0.25) is 0 Å². The summed E-state index contributed by atoms with van der Waals surface area (Å²) in [4.78, 5) is 1.38. The maximum atomic E-state index is 6.09. The normalized spacial score (nSPS) is 23.6. The van der Waals surface area contributed by atoms with Gasteiger partial charge in [-0.3, -0.25) is 10.6 Å². The van der Waals surface area contributed by atoms with Gasteiger partial charge in [0.05, 0.1) is 18.5 Å². The first kappa shape index (κ1) is 18.1. The lowest BCUT2D eigenvalue weighted by Gasteiger charge is -2.29. The van der Waals surface area contributed by atoms with Crippen LogP contribution in [0.2, 0.25) is 0 Å². The first-order valence-electron chi connectivity index (χ1n) is 9.49. The van der Waals surface area contributed by atoms with Gasteiger partial charge in [-0.1, -0.05) is 6.07 Å². The molecule has 4 rings (SSSR count). The van der Waals surface area contributed by atoms with Gasteiger partial charge >= 0.3 is 0 Å². The molecule has 1 aromatic rings. The van der Waals surface area contributed by atoms with Crippen molar-refractivity contribution in [3.63, 3.8) is 0 Å². The molecule has 7 heteroatoms. The van der Waals surface area contributed by atoms with Crippen LogP contribution in [0, 0.1) is 0 Å². The molecule has 0 spiro atoms. The van der Waals surface area contributed by atoms with Gasteiger partial charge in [0, 0.05) is 48.6 Å². The van der Waals surface area contributed by atoms with Crippen LogP contribution in [0.25, 0.3) is 5.70 Å². The van der Waals surface area contributed by atoms with Crippen molar-refractivity contribution in [3.05, 3.63) is 34.2 Å². The van der Waals surface area contributed by atoms with Crippen LogP contribution in [0.3, 0.4) is 0 Å². The molecule has 1 saturated heterocycles. The molecule has 6 N–H and O–H groups in total. The number of nitrogens with one attached hydrogen (secondary N) is 4. The van der Waals surface area contributed by atoms with Gasteiger partial charge in [-0.2, -0.15) is 0 Å². The second-order valence-electron chi connectivity index (χ2n) is 7.40. The zero-order chi connectivity index (χ0) is 18.1. The topological polar surface area (TPSA) is 83.4 Å². The van der Waals surface area contributed by atoms with Crippen molar-refractivity contribution >= 4 is 17.5 Å². The van der Waals surface area contributed by atoms with E-state index in [9.17, 15) is 0 Å². The van der Waals surface area contributed by atoms with E-state index in [-0.39, 0.29) is 11.5 Å². The van der Waals surface area contributed by atoms with Crippen LogP contribution in [-0.4, -0.2) is 43.9 Å². The summed E-state index contributed by atoms with van der Waals surface area (Å²) < 4.78 is 6.09. The molecule has 6 nitrogen and oxygen atoms in total. The Morgan fingerprint density at radius 1 is 1.35 bits per heavy atom. The molecule has 2 atom stereocenters. The minimum atomic E-state index is 0.113. The van der Waals surface area contributed by atoms with E-state index in [4.69, 9.17) is 10.5 Å². The zero-order valence-corrected chi connectivity index (χ0v) is 16.3. The van der Waals surface area contributed by atoms with Gasteiger partial charge in [0.25, 0.3) is 0 Å². The fraction of sp³-hybridized carbons (Fsp3) is 0.579. The maximum absolute atomic E-state index is 6.09. The van der Waals surface area contributed by atoms with Crippen LogP contribution < -0.4 is 31.7 Å². The largest absolute Gasteiger partial charge is 0.493 e. The van der Waals surface area contributed by atoms with Crippen molar-refractivity contribution in [1.82, 2.24) is 21.3 Å². The molecule has 0 saturated carbocycles. The molecule has 0 radical (unpaired) electrons. The molecule has 1 fully saturated rings. The molecule has 3 heterocycles. The van der Waals surface area contributed by atoms with Gasteiger partial charge in [0.15, 0.2) is 0 Å². The Morgan fingerprint density at radius 3 is 2.88 bits per heavy atom. The van der Waals surface area contributed by atoms with E-state index in [1.54, 1.807) is 0 Å². The lowest BCUT2D eigenvalue weighted by molar-refractivity contribution is 0.324. The van der Waals surface area contributed by atoms with E-state index in [1.165, 1.54) is 21.7 Å². The SMILES string of the molecule is CC(C)NC(NCN)C1NC2=C(CCOc3cc(C4CNC4)ccc32)S1. The summed E-state index contributed by atoms with van der Waals surface area (Å²) in [6.45, 7) is 7.62. The molecule has 2 unspecified atom stereocenters. The van der Waals surface area contributed by atoms with Crippen molar-refractivity contribution in [1.29, 1.82) is 0 Å². The third-order valence-electron chi connectivity index (χ3n) is 5.10. The summed E-state index contributed by atoms with van der Waals surface area (Å²) in [5.74, 6) is 1.63. The zero-order valence-electron chi connectivity index (χ0n) is 15.5. The fourth-order valence-corrected chi connectivity index (χ4v) is 4.95. The van der Waals surface area contributed by atoms with Crippen LogP contribution >= 0.6 is 11.8 Å². The summed E-state index contributed by atoms with van der Waals surface area (Å²) in [5, 5.41) is 14.2. The smallest absolute Gasteiger partial charge is 0.128 e. The summed E-state index contributed by atoms with van der Waals surface area (Å²) in [7, 11) is 0. The van der Waals surface area contributed by atoms with Crippen LogP contribution in [0.4, 0.5) is 0 Å². The molecule has 142 valence electrons. The third-order valence-corrected chi connectivity index (χ3v) is 6.44. The quantitative estimate of drug-likeness (QED) is 0.480. The molecule has 26 heavy (non-hydrogen) atoms. The van der Waals surface area contributed by atoms with Crippen molar-refractivity contribution in [3.8, 4) is 5.75 Å². The minimum Gasteiger partial charge on any atom is -0.493 e. The van der Waals surface area contributed by atoms with Crippen LogP contribution in [-0.2, 0) is 0 Å². The second-order valence-corrected chi connectivity index (χ2v) is 8.63. The number of thioether (sulfide) groups is 1. The number of ether oxygens (including phenoxy) is 1. The Labute approximate surface area is 159 Å². The lowest BCUT2D eigenvalue weighted by atomic mass is 9.92. The minimum absolute atomic E-state index is 0.113. The van der Waals surface area contributed by atoms with E-state index in [2.05, 4.69) is 53.3 Å². The highest BCUT2D eigenvalue weighted by Crippen LogP contribution is 2.43. The number of benzene rings is 1. The van der Waals surface area contributed by atoms with Crippen molar-refractivity contribution in [2.75, 3.05) is 26.4 Å². The van der Waals surface area contributed by atoms with Crippen LogP contribution in [0.5, 0.6) is 5.75 Å². The Hall–Kier alpha value is -1.25. The summed E-state index contributed by atoms with van der Waals surface area (Å²) in [6.07, 6.45) is 1.05. The Bertz CT molecular complexity index is 689.